The Kier molecular flexibility index (Phi) is 5.07. The normalized spacial score (nSPS) is 11.2. The molecule has 0 fully saturated rings. The second kappa shape index (κ2) is 6.58. The average Bonchev–Trinajstić information content (AvgIpc) is 2.30. The molecule has 0 aliphatic rings. The topological polar surface area (TPSA) is 66.8 Å². The van der Waals surface area contributed by atoms with E-state index in [0.717, 1.165) is 0 Å². The predicted octanol–water partition coefficient (Wildman–Crippen LogP) is 2.58. The molecule has 0 unspecified atom stereocenters. The summed E-state index contributed by atoms with van der Waals surface area (Å²) in [6, 6.07) is 6.75. The highest BCUT2D eigenvalue weighted by atomic mass is 16.5. The molecule has 2 N–H and O–H groups in total. The fourth-order valence-electron chi connectivity index (χ4n) is 1.25. The molecule has 1 aromatic rings. The molecule has 0 amide bonds. The van der Waals surface area contributed by atoms with Crippen LogP contribution >= 0.6 is 0 Å². The fraction of sp³-hybridized carbons (Fsp3) is 0.308. The highest BCUT2D eigenvalue weighted by Crippen LogP contribution is 2.24. The van der Waals surface area contributed by atoms with Crippen molar-refractivity contribution in [3.05, 3.63) is 35.9 Å². The highest BCUT2D eigenvalue weighted by Gasteiger charge is 2.00. The number of benzene rings is 1. The number of hydrogen-bond acceptors (Lipinski definition) is 3. The van der Waals surface area contributed by atoms with Crippen LogP contribution in [0.15, 0.2) is 35.9 Å². The molecule has 4 nitrogen and oxygen atoms in total. The quantitative estimate of drug-likeness (QED) is 0.588. The zero-order chi connectivity index (χ0) is 12.7. The second-order valence-electron chi connectivity index (χ2n) is 3.65. The van der Waals surface area contributed by atoms with Crippen molar-refractivity contribution in [2.75, 3.05) is 6.61 Å². The lowest BCUT2D eigenvalue weighted by atomic mass is 10.2. The number of rotatable bonds is 6. The summed E-state index contributed by atoms with van der Waals surface area (Å²) in [5, 5.41) is 18.0. The number of hydrogen-bond donors (Lipinski definition) is 2. The van der Waals surface area contributed by atoms with E-state index in [1.165, 1.54) is 0 Å². The Morgan fingerprint density at radius 3 is 2.76 bits per heavy atom. The Hall–Kier alpha value is -1.97. The predicted molar refractivity (Wildman–Crippen MR) is 64.2 cm³/mol. The summed E-state index contributed by atoms with van der Waals surface area (Å²) < 4.78 is 5.35. The van der Waals surface area contributed by atoms with Gasteiger partial charge in [-0.1, -0.05) is 18.2 Å². The van der Waals surface area contributed by atoms with Crippen molar-refractivity contribution in [2.45, 2.75) is 19.8 Å². The number of allylic oxidation sites excluding steroid dienone is 1. The smallest absolute Gasteiger partial charge is 0.330 e. The van der Waals surface area contributed by atoms with E-state index >= 15 is 0 Å². The summed E-state index contributed by atoms with van der Waals surface area (Å²) >= 11 is 0. The van der Waals surface area contributed by atoms with Gasteiger partial charge in [-0.15, -0.1) is 0 Å². The third kappa shape index (κ3) is 4.59. The standard InChI is InChI=1S/C13H16O4/c1-10(13(15)16)6-4-5-9-17-12-8-3-2-7-11(12)14/h2-3,6-8,14H,4-5,9H2,1H3,(H,15,16). The molecule has 0 radical (unpaired) electrons. The summed E-state index contributed by atoms with van der Waals surface area (Å²) in [6.45, 7) is 2.01. The van der Waals surface area contributed by atoms with Crippen LogP contribution in [-0.4, -0.2) is 22.8 Å². The van der Waals surface area contributed by atoms with Crippen LogP contribution in [0.1, 0.15) is 19.8 Å². The first kappa shape index (κ1) is 13.1. The number of aromatic hydroxyl groups is 1. The van der Waals surface area contributed by atoms with Crippen molar-refractivity contribution < 1.29 is 19.7 Å². The summed E-state index contributed by atoms with van der Waals surface area (Å²) in [5.74, 6) is -0.331. The van der Waals surface area contributed by atoms with Crippen molar-refractivity contribution in [3.63, 3.8) is 0 Å². The van der Waals surface area contributed by atoms with E-state index in [-0.39, 0.29) is 5.75 Å². The van der Waals surface area contributed by atoms with Gasteiger partial charge in [0.2, 0.25) is 0 Å². The van der Waals surface area contributed by atoms with Gasteiger partial charge in [0.15, 0.2) is 11.5 Å². The van der Waals surface area contributed by atoms with Crippen LogP contribution in [-0.2, 0) is 4.79 Å². The molecule has 1 rings (SSSR count). The summed E-state index contributed by atoms with van der Waals surface area (Å²) in [6.07, 6.45) is 3.02. The number of carboxylic acids is 1. The van der Waals surface area contributed by atoms with Crippen molar-refractivity contribution in [2.24, 2.45) is 0 Å². The van der Waals surface area contributed by atoms with Gasteiger partial charge in [-0.2, -0.15) is 0 Å². The molecule has 0 spiro atoms. The molecule has 0 atom stereocenters. The third-order valence-electron chi connectivity index (χ3n) is 2.26. The molecule has 0 bridgehead atoms. The van der Waals surface area contributed by atoms with Gasteiger partial charge in [0, 0.05) is 5.57 Å². The Morgan fingerprint density at radius 2 is 2.12 bits per heavy atom. The number of aliphatic carboxylic acids is 1. The van der Waals surface area contributed by atoms with Crippen LogP contribution < -0.4 is 4.74 Å². The maximum absolute atomic E-state index is 10.5. The number of phenols is 1. The zero-order valence-corrected chi connectivity index (χ0v) is 9.72. The van der Waals surface area contributed by atoms with Gasteiger partial charge >= 0.3 is 5.97 Å². The van der Waals surface area contributed by atoms with Gasteiger partial charge in [0.1, 0.15) is 0 Å². The highest BCUT2D eigenvalue weighted by molar-refractivity contribution is 5.85. The van der Waals surface area contributed by atoms with E-state index in [0.29, 0.717) is 30.8 Å². The van der Waals surface area contributed by atoms with Crippen LogP contribution in [0.4, 0.5) is 0 Å². The molecule has 4 heteroatoms. The molecular weight excluding hydrogens is 220 g/mol. The molecule has 1 aromatic carbocycles. The Balaban J connectivity index is 2.28. The molecule has 0 aliphatic carbocycles. The number of unbranched alkanes of at least 4 members (excludes halogenated alkanes) is 1. The van der Waals surface area contributed by atoms with Crippen molar-refractivity contribution in [1.29, 1.82) is 0 Å². The first-order valence-electron chi connectivity index (χ1n) is 5.42. The van der Waals surface area contributed by atoms with Crippen molar-refractivity contribution in [1.82, 2.24) is 0 Å². The summed E-state index contributed by atoms with van der Waals surface area (Å²) in [5.41, 5.74) is 0.340. The van der Waals surface area contributed by atoms with Crippen LogP contribution in [0, 0.1) is 0 Å². The van der Waals surface area contributed by atoms with Crippen LogP contribution in [0.25, 0.3) is 0 Å². The molecular formula is C13H16O4. The largest absolute Gasteiger partial charge is 0.504 e. The van der Waals surface area contributed by atoms with Crippen LogP contribution in [0.5, 0.6) is 11.5 Å². The van der Waals surface area contributed by atoms with E-state index < -0.39 is 5.97 Å². The van der Waals surface area contributed by atoms with Crippen LogP contribution in [0.3, 0.4) is 0 Å². The maximum atomic E-state index is 10.5. The Labute approximate surface area is 100 Å². The molecule has 0 heterocycles. The first-order chi connectivity index (χ1) is 8.11. The van der Waals surface area contributed by atoms with Gasteiger partial charge in [-0.3, -0.25) is 0 Å². The number of phenolic OH excluding ortho intramolecular Hbond substituents is 1. The minimum atomic E-state index is -0.897. The average molecular weight is 236 g/mol. The van der Waals surface area contributed by atoms with E-state index in [2.05, 4.69) is 0 Å². The molecule has 0 aliphatic heterocycles. The zero-order valence-electron chi connectivity index (χ0n) is 9.72. The first-order valence-corrected chi connectivity index (χ1v) is 5.42. The van der Waals surface area contributed by atoms with Gasteiger partial charge in [-0.05, 0) is 31.9 Å². The fourth-order valence-corrected chi connectivity index (χ4v) is 1.25. The van der Waals surface area contributed by atoms with E-state index in [4.69, 9.17) is 9.84 Å². The SMILES string of the molecule is CC(=CCCCOc1ccccc1O)C(=O)O. The van der Waals surface area contributed by atoms with E-state index in [1.807, 2.05) is 0 Å². The van der Waals surface area contributed by atoms with E-state index in [1.54, 1.807) is 37.3 Å². The summed E-state index contributed by atoms with van der Waals surface area (Å²) in [7, 11) is 0. The number of para-hydroxylation sites is 2. The van der Waals surface area contributed by atoms with Gasteiger partial charge in [-0.25, -0.2) is 4.79 Å². The Morgan fingerprint density at radius 1 is 1.41 bits per heavy atom. The molecule has 92 valence electrons. The number of carboxylic acid groups (broad SMARTS) is 1. The lowest BCUT2D eigenvalue weighted by Gasteiger charge is -2.06. The number of carbonyl (C=O) groups is 1. The van der Waals surface area contributed by atoms with Gasteiger partial charge in [0.05, 0.1) is 6.61 Å². The van der Waals surface area contributed by atoms with Gasteiger partial charge < -0.3 is 14.9 Å². The van der Waals surface area contributed by atoms with Gasteiger partial charge in [0.25, 0.3) is 0 Å². The second-order valence-corrected chi connectivity index (χ2v) is 3.65. The molecule has 0 saturated carbocycles. The molecule has 17 heavy (non-hydrogen) atoms. The molecule has 0 aromatic heterocycles. The van der Waals surface area contributed by atoms with E-state index in [9.17, 15) is 9.90 Å². The number of ether oxygens (including phenoxy) is 1. The third-order valence-corrected chi connectivity index (χ3v) is 2.26. The lowest BCUT2D eigenvalue weighted by Crippen LogP contribution is -1.98. The minimum Gasteiger partial charge on any atom is -0.504 e. The molecule has 0 saturated heterocycles. The van der Waals surface area contributed by atoms with Crippen LogP contribution in [0.2, 0.25) is 0 Å². The minimum absolute atomic E-state index is 0.116. The monoisotopic (exact) mass is 236 g/mol. The van der Waals surface area contributed by atoms with Crippen molar-refractivity contribution >= 4 is 5.97 Å². The maximum Gasteiger partial charge on any atom is 0.330 e. The Bertz CT molecular complexity index is 410. The lowest BCUT2D eigenvalue weighted by molar-refractivity contribution is -0.132. The summed E-state index contributed by atoms with van der Waals surface area (Å²) in [4.78, 5) is 10.5. The van der Waals surface area contributed by atoms with Crippen molar-refractivity contribution in [3.8, 4) is 11.5 Å².